The summed E-state index contributed by atoms with van der Waals surface area (Å²) in [5.41, 5.74) is 2.47. The minimum atomic E-state index is -0.228. The van der Waals surface area contributed by atoms with Crippen LogP contribution in [-0.2, 0) is 17.6 Å². The summed E-state index contributed by atoms with van der Waals surface area (Å²) >= 11 is 1.12. The van der Waals surface area contributed by atoms with Gasteiger partial charge in [0.2, 0.25) is 5.91 Å². The molecule has 1 aromatic heterocycles. The van der Waals surface area contributed by atoms with Crippen LogP contribution in [0.2, 0.25) is 0 Å². The molecule has 0 saturated heterocycles. The number of thiazole rings is 1. The van der Waals surface area contributed by atoms with Crippen molar-refractivity contribution >= 4 is 44.4 Å². The summed E-state index contributed by atoms with van der Waals surface area (Å²) in [5.74, 6) is -0.0302. The SMILES string of the molecule is Br.O=C(CCN(CCNCCc1ccc(O)c2[nH]c(=O)sc12)CCc1cccc(F)c1)NC1CCCCC1. The number of hydrogen-bond acceptors (Lipinski definition) is 6. The first-order valence-corrected chi connectivity index (χ1v) is 14.1. The van der Waals surface area contributed by atoms with Crippen LogP contribution < -0.4 is 15.5 Å². The first-order valence-electron chi connectivity index (χ1n) is 13.3. The van der Waals surface area contributed by atoms with E-state index < -0.39 is 0 Å². The number of carbonyl (C=O) groups is 1. The number of hydrogen-bond donors (Lipinski definition) is 4. The molecule has 1 fully saturated rings. The maximum atomic E-state index is 13.6. The van der Waals surface area contributed by atoms with Crippen molar-refractivity contribution in [1.29, 1.82) is 0 Å². The molecule has 0 bridgehead atoms. The van der Waals surface area contributed by atoms with Crippen LogP contribution in [0.1, 0.15) is 49.7 Å². The van der Waals surface area contributed by atoms with Crippen molar-refractivity contribution in [1.82, 2.24) is 20.5 Å². The van der Waals surface area contributed by atoms with E-state index in [0.717, 1.165) is 79.0 Å². The molecule has 10 heteroatoms. The molecule has 4 rings (SSSR count). The van der Waals surface area contributed by atoms with Crippen molar-refractivity contribution in [3.05, 3.63) is 63.0 Å². The van der Waals surface area contributed by atoms with E-state index >= 15 is 0 Å². The summed E-state index contributed by atoms with van der Waals surface area (Å²) in [6, 6.07) is 10.5. The third kappa shape index (κ3) is 9.18. The highest BCUT2D eigenvalue weighted by molar-refractivity contribution is 8.93. The minimum Gasteiger partial charge on any atom is -0.506 e. The van der Waals surface area contributed by atoms with Crippen LogP contribution in [-0.4, -0.2) is 59.7 Å². The molecule has 0 unspecified atom stereocenters. The zero-order valence-electron chi connectivity index (χ0n) is 21.6. The Morgan fingerprint density at radius 1 is 1.08 bits per heavy atom. The number of phenolic OH excluding ortho intramolecular Hbond substituents is 1. The number of nitrogens with zero attached hydrogens (tertiary/aromatic N) is 1. The molecule has 1 aliphatic rings. The Hall–Kier alpha value is -2.27. The lowest BCUT2D eigenvalue weighted by Crippen LogP contribution is -2.40. The van der Waals surface area contributed by atoms with E-state index in [1.54, 1.807) is 18.2 Å². The standard InChI is InChI=1S/C28H37FN4O3S.BrH/c29-22-6-4-5-20(19-22)12-16-33(17-13-25(35)31-23-7-2-1-3-8-23)18-15-30-14-11-21-9-10-24(34)26-27(21)37-28(36)32-26;/h4-6,9-10,19,23,30,34H,1-3,7-8,11-18H2,(H,31,35)(H,32,36);1H. The second-order valence-electron chi connectivity index (χ2n) is 9.84. The first-order chi connectivity index (χ1) is 18.0. The molecule has 208 valence electrons. The molecule has 0 radical (unpaired) electrons. The van der Waals surface area contributed by atoms with E-state index in [4.69, 9.17) is 0 Å². The van der Waals surface area contributed by atoms with Gasteiger partial charge in [-0.15, -0.1) is 17.0 Å². The fraction of sp³-hybridized carbons (Fsp3) is 0.500. The Bertz CT molecular complexity index is 1230. The number of H-pyrrole nitrogens is 1. The van der Waals surface area contributed by atoms with E-state index in [1.807, 2.05) is 12.1 Å². The van der Waals surface area contributed by atoms with Gasteiger partial charge in [-0.2, -0.15) is 0 Å². The van der Waals surface area contributed by atoms with Crippen LogP contribution in [0.4, 0.5) is 4.39 Å². The largest absolute Gasteiger partial charge is 0.506 e. The number of aromatic amines is 1. The highest BCUT2D eigenvalue weighted by atomic mass is 79.9. The van der Waals surface area contributed by atoms with Crippen molar-refractivity contribution < 1.29 is 14.3 Å². The van der Waals surface area contributed by atoms with E-state index in [9.17, 15) is 19.1 Å². The van der Waals surface area contributed by atoms with Gasteiger partial charge in [-0.25, -0.2) is 4.39 Å². The lowest BCUT2D eigenvalue weighted by Gasteiger charge is -2.25. The molecule has 3 aromatic rings. The van der Waals surface area contributed by atoms with Crippen LogP contribution in [0.3, 0.4) is 0 Å². The van der Waals surface area contributed by atoms with Gasteiger partial charge in [0.15, 0.2) is 0 Å². The molecular weight excluding hydrogens is 571 g/mol. The number of fused-ring (bicyclic) bond motifs is 1. The normalized spacial score (nSPS) is 14.1. The van der Waals surface area contributed by atoms with Gasteiger partial charge in [0, 0.05) is 38.6 Å². The van der Waals surface area contributed by atoms with Gasteiger partial charge in [-0.1, -0.05) is 48.8 Å². The first kappa shape index (κ1) is 30.3. The van der Waals surface area contributed by atoms with E-state index in [1.165, 1.54) is 25.3 Å². The molecule has 1 heterocycles. The van der Waals surface area contributed by atoms with Crippen LogP contribution in [0.25, 0.3) is 10.2 Å². The van der Waals surface area contributed by atoms with Crippen molar-refractivity contribution in [3.8, 4) is 5.75 Å². The number of aromatic nitrogens is 1. The monoisotopic (exact) mass is 608 g/mol. The Morgan fingerprint density at radius 3 is 2.68 bits per heavy atom. The zero-order chi connectivity index (χ0) is 26.0. The number of phenols is 1. The summed E-state index contributed by atoms with van der Waals surface area (Å²) in [6.07, 6.45) is 7.70. The van der Waals surface area contributed by atoms with Crippen molar-refractivity contribution in [2.45, 2.75) is 57.4 Å². The van der Waals surface area contributed by atoms with Gasteiger partial charge < -0.3 is 25.6 Å². The Labute approximate surface area is 237 Å². The van der Waals surface area contributed by atoms with Crippen molar-refractivity contribution in [3.63, 3.8) is 0 Å². The lowest BCUT2D eigenvalue weighted by molar-refractivity contribution is -0.122. The predicted octanol–water partition coefficient (Wildman–Crippen LogP) is 4.53. The van der Waals surface area contributed by atoms with Crippen LogP contribution in [0.5, 0.6) is 5.75 Å². The molecule has 7 nitrogen and oxygen atoms in total. The molecule has 1 saturated carbocycles. The minimum absolute atomic E-state index is 0. The smallest absolute Gasteiger partial charge is 0.305 e. The molecule has 38 heavy (non-hydrogen) atoms. The molecule has 1 aliphatic carbocycles. The number of rotatable bonds is 13. The molecule has 4 N–H and O–H groups in total. The highest BCUT2D eigenvalue weighted by Gasteiger charge is 2.16. The molecular formula is C28H38BrFN4O3S. The number of amides is 1. The van der Waals surface area contributed by atoms with Crippen molar-refractivity contribution in [2.75, 3.05) is 32.7 Å². The fourth-order valence-corrected chi connectivity index (χ4v) is 5.87. The van der Waals surface area contributed by atoms with Crippen LogP contribution >= 0.6 is 28.3 Å². The number of carbonyl (C=O) groups excluding carboxylic acids is 1. The van der Waals surface area contributed by atoms with Gasteiger partial charge in [0.1, 0.15) is 17.1 Å². The summed E-state index contributed by atoms with van der Waals surface area (Å²) in [4.78, 5) is 29.1. The topological polar surface area (TPSA) is 97.5 Å². The average molecular weight is 610 g/mol. The van der Waals surface area contributed by atoms with E-state index in [-0.39, 0.29) is 39.3 Å². The molecule has 2 aromatic carbocycles. The van der Waals surface area contributed by atoms with Gasteiger partial charge in [0.25, 0.3) is 0 Å². The average Bonchev–Trinajstić information content (AvgIpc) is 3.29. The number of halogens is 2. The van der Waals surface area contributed by atoms with Gasteiger partial charge in [-0.05, 0) is 61.6 Å². The predicted molar refractivity (Wildman–Crippen MR) is 157 cm³/mol. The highest BCUT2D eigenvalue weighted by Crippen LogP contribution is 2.27. The fourth-order valence-electron chi connectivity index (χ4n) is 4.98. The lowest BCUT2D eigenvalue weighted by atomic mass is 9.95. The second kappa shape index (κ2) is 15.4. The number of aromatic hydroxyl groups is 1. The molecule has 1 amide bonds. The van der Waals surface area contributed by atoms with Gasteiger partial charge >= 0.3 is 4.87 Å². The summed E-state index contributed by atoms with van der Waals surface area (Å²) in [6.45, 7) is 3.65. The zero-order valence-corrected chi connectivity index (χ0v) is 24.2. The summed E-state index contributed by atoms with van der Waals surface area (Å²) in [7, 11) is 0. The molecule has 0 atom stereocenters. The third-order valence-electron chi connectivity index (χ3n) is 7.05. The summed E-state index contributed by atoms with van der Waals surface area (Å²) < 4.78 is 14.4. The molecule has 0 spiro atoms. The number of benzene rings is 2. The quantitative estimate of drug-likeness (QED) is 0.214. The second-order valence-corrected chi connectivity index (χ2v) is 10.8. The Morgan fingerprint density at radius 2 is 1.89 bits per heavy atom. The molecule has 0 aliphatic heterocycles. The maximum absolute atomic E-state index is 13.6. The van der Waals surface area contributed by atoms with Gasteiger partial charge in [0.05, 0.1) is 4.70 Å². The third-order valence-corrected chi connectivity index (χ3v) is 8.00. The maximum Gasteiger partial charge on any atom is 0.305 e. The van der Waals surface area contributed by atoms with E-state index in [2.05, 4.69) is 20.5 Å². The Kier molecular flexibility index (Phi) is 12.2. The summed E-state index contributed by atoms with van der Waals surface area (Å²) in [5, 5.41) is 16.6. The van der Waals surface area contributed by atoms with Crippen molar-refractivity contribution in [2.24, 2.45) is 0 Å². The number of nitrogens with one attached hydrogen (secondary N) is 3. The van der Waals surface area contributed by atoms with Crippen LogP contribution in [0, 0.1) is 5.82 Å². The van der Waals surface area contributed by atoms with Crippen LogP contribution in [0.15, 0.2) is 41.2 Å². The van der Waals surface area contributed by atoms with Gasteiger partial charge in [-0.3, -0.25) is 9.59 Å². The van der Waals surface area contributed by atoms with E-state index in [0.29, 0.717) is 24.5 Å². The Balaban J connectivity index is 0.00000400.